The minimum Gasteiger partial charge on any atom is -0.294 e. The van der Waals surface area contributed by atoms with Crippen LogP contribution in [0, 0.1) is 17.3 Å². The van der Waals surface area contributed by atoms with E-state index >= 15 is 0 Å². The quantitative estimate of drug-likeness (QED) is 0.686. The molecule has 0 radical (unpaired) electrons. The highest BCUT2D eigenvalue weighted by molar-refractivity contribution is 6.00. The number of hydrogen-bond donors (Lipinski definition) is 0. The standard InChI is InChI=1S/C15H18O/c1-15(10-11-7-8-13(15)9-11)14(16)12-5-3-2-4-6-12/h2-6,11,13H,7-10H2,1H3/t11-,13+,15-/m1/s1. The molecule has 2 saturated carbocycles. The maximum absolute atomic E-state index is 12.6. The summed E-state index contributed by atoms with van der Waals surface area (Å²) in [4.78, 5) is 12.6. The van der Waals surface area contributed by atoms with Gasteiger partial charge in [0.25, 0.3) is 0 Å². The number of carbonyl (C=O) groups is 1. The van der Waals surface area contributed by atoms with Crippen LogP contribution in [0.15, 0.2) is 30.3 Å². The Kier molecular flexibility index (Phi) is 2.17. The summed E-state index contributed by atoms with van der Waals surface area (Å²) in [5, 5.41) is 0. The summed E-state index contributed by atoms with van der Waals surface area (Å²) in [6, 6.07) is 9.81. The molecule has 3 rings (SSSR count). The van der Waals surface area contributed by atoms with Crippen LogP contribution in [0.25, 0.3) is 0 Å². The summed E-state index contributed by atoms with van der Waals surface area (Å²) in [5.74, 6) is 1.84. The zero-order valence-electron chi connectivity index (χ0n) is 9.78. The minimum absolute atomic E-state index is 0.0652. The van der Waals surface area contributed by atoms with Crippen molar-refractivity contribution in [3.05, 3.63) is 35.9 Å². The molecule has 1 aromatic rings. The molecule has 2 fully saturated rings. The Hall–Kier alpha value is -1.11. The molecule has 0 amide bonds. The monoisotopic (exact) mass is 214 g/mol. The molecule has 0 aromatic heterocycles. The van der Waals surface area contributed by atoms with Crippen LogP contribution in [0.2, 0.25) is 0 Å². The third-order valence-corrected chi connectivity index (χ3v) is 4.71. The molecule has 3 atom stereocenters. The van der Waals surface area contributed by atoms with Gasteiger partial charge in [-0.25, -0.2) is 0 Å². The topological polar surface area (TPSA) is 17.1 Å². The van der Waals surface area contributed by atoms with Gasteiger partial charge in [0.15, 0.2) is 5.78 Å². The van der Waals surface area contributed by atoms with E-state index in [1.54, 1.807) is 0 Å². The number of hydrogen-bond acceptors (Lipinski definition) is 1. The molecule has 16 heavy (non-hydrogen) atoms. The normalized spacial score (nSPS) is 36.6. The van der Waals surface area contributed by atoms with E-state index in [2.05, 4.69) is 6.92 Å². The van der Waals surface area contributed by atoms with E-state index < -0.39 is 0 Å². The average Bonchev–Trinajstić information content (AvgIpc) is 2.89. The largest absolute Gasteiger partial charge is 0.294 e. The van der Waals surface area contributed by atoms with Crippen molar-refractivity contribution in [3.8, 4) is 0 Å². The van der Waals surface area contributed by atoms with Crippen LogP contribution in [-0.4, -0.2) is 5.78 Å². The third-order valence-electron chi connectivity index (χ3n) is 4.71. The van der Waals surface area contributed by atoms with E-state index in [1.165, 1.54) is 19.3 Å². The highest BCUT2D eigenvalue weighted by Crippen LogP contribution is 2.56. The van der Waals surface area contributed by atoms with Crippen LogP contribution in [0.4, 0.5) is 0 Å². The fourth-order valence-corrected chi connectivity index (χ4v) is 3.80. The van der Waals surface area contributed by atoms with Crippen LogP contribution >= 0.6 is 0 Å². The third kappa shape index (κ3) is 1.34. The van der Waals surface area contributed by atoms with Crippen molar-refractivity contribution in [2.45, 2.75) is 32.6 Å². The molecule has 0 saturated heterocycles. The van der Waals surface area contributed by atoms with Crippen LogP contribution in [-0.2, 0) is 0 Å². The van der Waals surface area contributed by atoms with Crippen LogP contribution in [0.3, 0.4) is 0 Å². The molecule has 1 heteroatoms. The van der Waals surface area contributed by atoms with Crippen molar-refractivity contribution in [1.29, 1.82) is 0 Å². The average molecular weight is 214 g/mol. The summed E-state index contributed by atoms with van der Waals surface area (Å²) in [5.41, 5.74) is 0.835. The maximum Gasteiger partial charge on any atom is 0.169 e. The first-order chi connectivity index (χ1) is 7.70. The predicted octanol–water partition coefficient (Wildman–Crippen LogP) is 3.70. The van der Waals surface area contributed by atoms with Gasteiger partial charge in [-0.1, -0.05) is 43.7 Å². The van der Waals surface area contributed by atoms with Crippen molar-refractivity contribution in [3.63, 3.8) is 0 Å². The second kappa shape index (κ2) is 3.44. The Labute approximate surface area is 96.9 Å². The number of rotatable bonds is 2. The molecule has 1 aromatic carbocycles. The molecule has 0 N–H and O–H groups in total. The molecule has 0 aliphatic heterocycles. The zero-order valence-corrected chi connectivity index (χ0v) is 9.78. The summed E-state index contributed by atoms with van der Waals surface area (Å²) in [6.07, 6.45) is 5.02. The van der Waals surface area contributed by atoms with Gasteiger partial charge in [-0.2, -0.15) is 0 Å². The lowest BCUT2D eigenvalue weighted by Gasteiger charge is -2.32. The second-order valence-corrected chi connectivity index (χ2v) is 5.69. The van der Waals surface area contributed by atoms with Crippen molar-refractivity contribution >= 4 is 5.78 Å². The first-order valence-electron chi connectivity index (χ1n) is 6.30. The van der Waals surface area contributed by atoms with Crippen molar-refractivity contribution in [1.82, 2.24) is 0 Å². The Bertz CT molecular complexity index is 409. The van der Waals surface area contributed by atoms with Crippen LogP contribution in [0.5, 0.6) is 0 Å². The molecular formula is C15H18O. The van der Waals surface area contributed by atoms with Gasteiger partial charge in [0.1, 0.15) is 0 Å². The lowest BCUT2D eigenvalue weighted by atomic mass is 9.70. The van der Waals surface area contributed by atoms with Gasteiger partial charge in [-0.3, -0.25) is 4.79 Å². The fourth-order valence-electron chi connectivity index (χ4n) is 3.80. The van der Waals surface area contributed by atoms with E-state index in [-0.39, 0.29) is 5.41 Å². The van der Waals surface area contributed by atoms with Crippen LogP contribution in [0.1, 0.15) is 43.0 Å². The summed E-state index contributed by atoms with van der Waals surface area (Å²) >= 11 is 0. The summed E-state index contributed by atoms with van der Waals surface area (Å²) in [6.45, 7) is 2.19. The van der Waals surface area contributed by atoms with Crippen LogP contribution < -0.4 is 0 Å². The second-order valence-electron chi connectivity index (χ2n) is 5.69. The number of Topliss-reactive ketones (excluding diaryl/α,β-unsaturated/α-hetero) is 1. The van der Waals surface area contributed by atoms with E-state index in [9.17, 15) is 4.79 Å². The number of ketones is 1. The summed E-state index contributed by atoms with van der Waals surface area (Å²) in [7, 11) is 0. The highest BCUT2D eigenvalue weighted by atomic mass is 16.1. The Morgan fingerprint density at radius 2 is 2.00 bits per heavy atom. The number of benzene rings is 1. The first kappa shape index (κ1) is 10.1. The molecule has 84 valence electrons. The fraction of sp³-hybridized carbons (Fsp3) is 0.533. The lowest BCUT2D eigenvalue weighted by Crippen LogP contribution is -2.33. The smallest absolute Gasteiger partial charge is 0.169 e. The van der Waals surface area contributed by atoms with Gasteiger partial charge < -0.3 is 0 Å². The SMILES string of the molecule is C[C@@]1(C(=O)c2ccccc2)C[C@@H]2CC[C@H]1C2. The number of carbonyl (C=O) groups excluding carboxylic acids is 1. The van der Waals surface area contributed by atoms with Crippen molar-refractivity contribution in [2.75, 3.05) is 0 Å². The van der Waals surface area contributed by atoms with Gasteiger partial charge >= 0.3 is 0 Å². The van der Waals surface area contributed by atoms with E-state index in [0.717, 1.165) is 17.9 Å². The first-order valence-corrected chi connectivity index (χ1v) is 6.30. The van der Waals surface area contributed by atoms with E-state index in [4.69, 9.17) is 0 Å². The molecule has 0 heterocycles. The molecular weight excluding hydrogens is 196 g/mol. The number of fused-ring (bicyclic) bond motifs is 2. The Balaban J connectivity index is 1.91. The Morgan fingerprint density at radius 1 is 1.25 bits per heavy atom. The van der Waals surface area contributed by atoms with E-state index in [0.29, 0.717) is 11.7 Å². The summed E-state index contributed by atoms with van der Waals surface area (Å²) < 4.78 is 0. The van der Waals surface area contributed by atoms with Gasteiger partial charge in [0.05, 0.1) is 0 Å². The predicted molar refractivity (Wildman–Crippen MR) is 64.3 cm³/mol. The van der Waals surface area contributed by atoms with Gasteiger partial charge in [0, 0.05) is 11.0 Å². The van der Waals surface area contributed by atoms with Gasteiger partial charge in [-0.15, -0.1) is 0 Å². The minimum atomic E-state index is -0.0652. The molecule has 2 bridgehead atoms. The zero-order chi connectivity index (χ0) is 11.2. The van der Waals surface area contributed by atoms with Gasteiger partial charge in [0.2, 0.25) is 0 Å². The highest BCUT2D eigenvalue weighted by Gasteiger charge is 2.52. The van der Waals surface area contributed by atoms with Crippen molar-refractivity contribution in [2.24, 2.45) is 17.3 Å². The molecule has 0 unspecified atom stereocenters. The maximum atomic E-state index is 12.6. The Morgan fingerprint density at radius 3 is 2.56 bits per heavy atom. The molecule has 1 nitrogen and oxygen atoms in total. The molecule has 2 aliphatic rings. The molecule has 2 aliphatic carbocycles. The molecule has 0 spiro atoms. The van der Waals surface area contributed by atoms with Gasteiger partial charge in [-0.05, 0) is 31.1 Å². The van der Waals surface area contributed by atoms with Crippen molar-refractivity contribution < 1.29 is 4.79 Å². The lowest BCUT2D eigenvalue weighted by molar-refractivity contribution is 0.0713. The van der Waals surface area contributed by atoms with E-state index in [1.807, 2.05) is 30.3 Å².